The molecule has 0 spiro atoms. The molecule has 0 radical (unpaired) electrons. The number of carboxylic acid groups (broad SMARTS) is 1. The maximum absolute atomic E-state index is 11.7. The Morgan fingerprint density at radius 3 is 2.29 bits per heavy atom. The van der Waals surface area contributed by atoms with Gasteiger partial charge in [-0.1, -0.05) is 24.3 Å². The van der Waals surface area contributed by atoms with E-state index in [9.17, 15) is 9.59 Å². The van der Waals surface area contributed by atoms with Gasteiger partial charge in [0.2, 0.25) is 0 Å². The molecule has 0 saturated carbocycles. The van der Waals surface area contributed by atoms with Crippen LogP contribution in [0.5, 0.6) is 11.5 Å². The van der Waals surface area contributed by atoms with Crippen LogP contribution >= 0.6 is 0 Å². The van der Waals surface area contributed by atoms with Gasteiger partial charge in [0.25, 0.3) is 0 Å². The molecule has 0 heterocycles. The highest BCUT2D eigenvalue weighted by Crippen LogP contribution is 2.25. The van der Waals surface area contributed by atoms with Gasteiger partial charge in [-0.05, 0) is 29.8 Å². The number of methoxy groups -OCH3 is 1. The number of nitrogens with one attached hydrogen (secondary N) is 2. The Kier molecular flexibility index (Phi) is 6.01. The van der Waals surface area contributed by atoms with Crippen LogP contribution < -0.4 is 20.1 Å². The van der Waals surface area contributed by atoms with Gasteiger partial charge in [0.15, 0.2) is 18.2 Å². The van der Waals surface area contributed by atoms with E-state index in [1.165, 1.54) is 19.2 Å². The highest BCUT2D eigenvalue weighted by molar-refractivity contribution is 5.87. The predicted octanol–water partition coefficient (Wildman–Crippen LogP) is 2.23. The molecule has 0 aliphatic rings. The second-order valence-electron chi connectivity index (χ2n) is 4.80. The summed E-state index contributed by atoms with van der Waals surface area (Å²) in [6.45, 7) is 0.268. The van der Waals surface area contributed by atoms with E-state index in [4.69, 9.17) is 14.6 Å². The van der Waals surface area contributed by atoms with Crippen LogP contribution in [-0.4, -0.2) is 30.9 Å². The van der Waals surface area contributed by atoms with Crippen LogP contribution in [0.4, 0.5) is 4.79 Å². The summed E-state index contributed by atoms with van der Waals surface area (Å²) in [5.74, 6) is 0.128. The summed E-state index contributed by atoms with van der Waals surface area (Å²) in [7, 11) is 1.54. The Balaban J connectivity index is 1.74. The smallest absolute Gasteiger partial charge is 0.335 e. The van der Waals surface area contributed by atoms with Crippen molar-refractivity contribution in [2.45, 2.75) is 6.54 Å². The van der Waals surface area contributed by atoms with E-state index in [1.807, 2.05) is 6.07 Å². The summed E-state index contributed by atoms with van der Waals surface area (Å²) in [5, 5.41) is 14.0. The average Bonchev–Trinajstić information content (AvgIpc) is 2.60. The van der Waals surface area contributed by atoms with Crippen molar-refractivity contribution >= 4 is 12.0 Å². The topological polar surface area (TPSA) is 96.9 Å². The van der Waals surface area contributed by atoms with Crippen molar-refractivity contribution in [1.29, 1.82) is 0 Å². The van der Waals surface area contributed by atoms with E-state index >= 15 is 0 Å². The van der Waals surface area contributed by atoms with Crippen molar-refractivity contribution in [3.8, 4) is 11.5 Å². The van der Waals surface area contributed by atoms with Crippen molar-refractivity contribution in [2.75, 3.05) is 13.8 Å². The molecule has 0 aliphatic carbocycles. The van der Waals surface area contributed by atoms with Crippen LogP contribution in [0.1, 0.15) is 15.9 Å². The second kappa shape index (κ2) is 8.42. The fraction of sp³-hybridized carbons (Fsp3) is 0.176. The quantitative estimate of drug-likeness (QED) is 0.677. The van der Waals surface area contributed by atoms with E-state index in [0.29, 0.717) is 11.5 Å². The Morgan fingerprint density at radius 1 is 1.00 bits per heavy atom. The van der Waals surface area contributed by atoms with E-state index in [0.717, 1.165) is 5.56 Å². The SMILES string of the molecule is COc1ccccc1OCNC(=O)NCc1ccc(C(=O)O)cc1. The maximum Gasteiger partial charge on any atom is 0.335 e. The molecule has 0 unspecified atom stereocenters. The molecule has 7 heteroatoms. The van der Waals surface area contributed by atoms with Gasteiger partial charge in [-0.2, -0.15) is 0 Å². The van der Waals surface area contributed by atoms with Gasteiger partial charge < -0.3 is 25.2 Å². The number of hydrogen-bond acceptors (Lipinski definition) is 4. The summed E-state index contributed by atoms with van der Waals surface area (Å²) in [5.41, 5.74) is 0.995. The first kappa shape index (κ1) is 17.1. The van der Waals surface area contributed by atoms with E-state index in [-0.39, 0.29) is 18.8 Å². The summed E-state index contributed by atoms with van der Waals surface area (Å²) < 4.78 is 10.6. The maximum atomic E-state index is 11.7. The molecule has 0 bridgehead atoms. The number of aromatic carboxylic acids is 1. The van der Waals surface area contributed by atoms with Crippen LogP contribution in [-0.2, 0) is 6.54 Å². The van der Waals surface area contributed by atoms with Crippen molar-refractivity contribution in [3.05, 3.63) is 59.7 Å². The lowest BCUT2D eigenvalue weighted by atomic mass is 10.1. The molecule has 0 saturated heterocycles. The normalized spacial score (nSPS) is 9.88. The van der Waals surface area contributed by atoms with Gasteiger partial charge in [0, 0.05) is 6.54 Å². The zero-order valence-corrected chi connectivity index (χ0v) is 13.1. The number of carboxylic acids is 1. The molecule has 2 amide bonds. The molecule has 2 aromatic carbocycles. The van der Waals surface area contributed by atoms with Gasteiger partial charge in [0.1, 0.15) is 0 Å². The largest absolute Gasteiger partial charge is 0.493 e. The van der Waals surface area contributed by atoms with Crippen LogP contribution in [0.25, 0.3) is 0 Å². The number of urea groups is 1. The number of carbonyl (C=O) groups is 2. The highest BCUT2D eigenvalue weighted by atomic mass is 16.5. The van der Waals surface area contributed by atoms with Crippen LogP contribution in [0.2, 0.25) is 0 Å². The molecule has 2 rings (SSSR count). The Labute approximate surface area is 139 Å². The first-order valence-corrected chi connectivity index (χ1v) is 7.20. The second-order valence-corrected chi connectivity index (χ2v) is 4.80. The minimum atomic E-state index is -0.985. The monoisotopic (exact) mass is 330 g/mol. The lowest BCUT2D eigenvalue weighted by Crippen LogP contribution is -2.37. The molecule has 2 aromatic rings. The number of amides is 2. The van der Waals surface area contributed by atoms with Crippen LogP contribution in [0.3, 0.4) is 0 Å². The average molecular weight is 330 g/mol. The minimum Gasteiger partial charge on any atom is -0.493 e. The van der Waals surface area contributed by atoms with Gasteiger partial charge in [-0.3, -0.25) is 0 Å². The zero-order valence-electron chi connectivity index (χ0n) is 13.1. The number of carbonyl (C=O) groups excluding carboxylic acids is 1. The van der Waals surface area contributed by atoms with Gasteiger partial charge in [-0.15, -0.1) is 0 Å². The van der Waals surface area contributed by atoms with E-state index in [2.05, 4.69) is 10.6 Å². The lowest BCUT2D eigenvalue weighted by Gasteiger charge is -2.11. The summed E-state index contributed by atoms with van der Waals surface area (Å²) in [6.07, 6.45) is 0. The molecule has 0 aromatic heterocycles. The number of ether oxygens (including phenoxy) is 2. The fourth-order valence-electron chi connectivity index (χ4n) is 1.93. The molecule has 0 aliphatic heterocycles. The standard InChI is InChI=1S/C17H18N2O5/c1-23-14-4-2-3-5-15(14)24-11-19-17(22)18-10-12-6-8-13(9-7-12)16(20)21/h2-9H,10-11H2,1H3,(H,20,21)(H2,18,19,22). The molecular weight excluding hydrogens is 312 g/mol. The first-order chi connectivity index (χ1) is 11.6. The molecule has 7 nitrogen and oxygen atoms in total. The summed E-state index contributed by atoms with van der Waals surface area (Å²) in [4.78, 5) is 22.5. The van der Waals surface area contributed by atoms with Crippen LogP contribution in [0, 0.1) is 0 Å². The van der Waals surface area contributed by atoms with Crippen molar-refractivity contribution in [3.63, 3.8) is 0 Å². The van der Waals surface area contributed by atoms with E-state index in [1.54, 1.807) is 30.3 Å². The Morgan fingerprint density at radius 2 is 1.67 bits per heavy atom. The zero-order chi connectivity index (χ0) is 17.4. The molecule has 126 valence electrons. The van der Waals surface area contributed by atoms with Gasteiger partial charge in [-0.25, -0.2) is 9.59 Å². The highest BCUT2D eigenvalue weighted by Gasteiger charge is 2.05. The van der Waals surface area contributed by atoms with Crippen molar-refractivity contribution < 1.29 is 24.2 Å². The Hall–Kier alpha value is -3.22. The molecule has 3 N–H and O–H groups in total. The van der Waals surface area contributed by atoms with E-state index < -0.39 is 12.0 Å². The number of benzene rings is 2. The molecule has 24 heavy (non-hydrogen) atoms. The lowest BCUT2D eigenvalue weighted by molar-refractivity contribution is 0.0697. The minimum absolute atomic E-state index is 0.00976. The van der Waals surface area contributed by atoms with Gasteiger partial charge in [0.05, 0.1) is 12.7 Å². The number of rotatable bonds is 7. The third kappa shape index (κ3) is 4.91. The van der Waals surface area contributed by atoms with Crippen molar-refractivity contribution in [1.82, 2.24) is 10.6 Å². The van der Waals surface area contributed by atoms with Crippen LogP contribution in [0.15, 0.2) is 48.5 Å². The third-order valence-corrected chi connectivity index (χ3v) is 3.18. The molecule has 0 atom stereocenters. The number of para-hydroxylation sites is 2. The number of hydrogen-bond donors (Lipinski definition) is 3. The summed E-state index contributed by atoms with van der Waals surface area (Å²) in [6, 6.07) is 13.0. The summed E-state index contributed by atoms with van der Waals surface area (Å²) >= 11 is 0. The molecule has 0 fully saturated rings. The molecular formula is C17H18N2O5. The fourth-order valence-corrected chi connectivity index (χ4v) is 1.93. The van der Waals surface area contributed by atoms with Gasteiger partial charge >= 0.3 is 12.0 Å². The Bertz CT molecular complexity index is 700. The predicted molar refractivity (Wildman–Crippen MR) is 87.3 cm³/mol. The van der Waals surface area contributed by atoms with Crippen molar-refractivity contribution in [2.24, 2.45) is 0 Å². The third-order valence-electron chi connectivity index (χ3n) is 3.18. The first-order valence-electron chi connectivity index (χ1n) is 7.20.